The van der Waals surface area contributed by atoms with Gasteiger partial charge >= 0.3 is 12.1 Å². The van der Waals surface area contributed by atoms with Gasteiger partial charge in [0.2, 0.25) is 0 Å². The zero-order valence-electron chi connectivity index (χ0n) is 13.6. The smallest absolute Gasteiger partial charge is 0.408 e. The molecule has 1 heterocycles. The number of aliphatic carboxylic acids is 1. The van der Waals surface area contributed by atoms with Gasteiger partial charge in [0.05, 0.1) is 0 Å². The molecular weight excluding hydrogens is 336 g/mol. The molecule has 2 amide bonds. The first kappa shape index (κ1) is 17.2. The predicted molar refractivity (Wildman–Crippen MR) is 94.2 cm³/mol. The van der Waals surface area contributed by atoms with Gasteiger partial charge in [0.25, 0.3) is 5.91 Å². The van der Waals surface area contributed by atoms with Gasteiger partial charge in [0.1, 0.15) is 12.6 Å². The number of hydrogen-bond donors (Lipinski definition) is 3. The Bertz CT molecular complexity index is 877. The highest BCUT2D eigenvalue weighted by Crippen LogP contribution is 2.31. The molecule has 0 aromatic heterocycles. The number of alkyl carbamates (subject to hydrolysis) is 1. The highest BCUT2D eigenvalue weighted by Gasteiger charge is 2.33. The number of fused-ring (bicyclic) bond motifs is 1. The number of carboxylic acids is 1. The second kappa shape index (κ2) is 7.52. The van der Waals surface area contributed by atoms with E-state index in [0.29, 0.717) is 11.3 Å². The van der Waals surface area contributed by atoms with Crippen LogP contribution in [0.4, 0.5) is 10.5 Å². The topological polar surface area (TPSA) is 105 Å². The van der Waals surface area contributed by atoms with Gasteiger partial charge in [-0.25, -0.2) is 9.59 Å². The van der Waals surface area contributed by atoms with E-state index in [1.165, 1.54) is 0 Å². The number of anilines is 1. The van der Waals surface area contributed by atoms with Gasteiger partial charge in [-0.05, 0) is 11.6 Å². The van der Waals surface area contributed by atoms with Crippen molar-refractivity contribution < 1.29 is 24.2 Å². The van der Waals surface area contributed by atoms with Crippen LogP contribution in [-0.2, 0) is 20.9 Å². The minimum Gasteiger partial charge on any atom is -0.478 e. The second-order valence-corrected chi connectivity index (χ2v) is 5.61. The Labute approximate surface area is 149 Å². The third kappa shape index (κ3) is 3.89. The van der Waals surface area contributed by atoms with Crippen molar-refractivity contribution in [1.29, 1.82) is 0 Å². The molecule has 132 valence electrons. The SMILES string of the molecule is O=C(O)C=C1c2ccccc2NC(=O)C1NC(=O)OCc1ccccc1. The molecule has 0 saturated heterocycles. The van der Waals surface area contributed by atoms with Crippen molar-refractivity contribution in [2.45, 2.75) is 12.6 Å². The summed E-state index contributed by atoms with van der Waals surface area (Å²) in [5.74, 6) is -1.75. The molecule has 7 heteroatoms. The standard InChI is InChI=1S/C19H16N2O5/c22-16(23)10-14-13-8-4-5-9-15(13)20-18(24)17(14)21-19(25)26-11-12-6-2-1-3-7-12/h1-10,17H,11H2,(H,20,24)(H,21,25)(H,22,23). The van der Waals surface area contributed by atoms with Crippen LogP contribution in [0.3, 0.4) is 0 Å². The van der Waals surface area contributed by atoms with Crippen molar-refractivity contribution in [3.8, 4) is 0 Å². The lowest BCUT2D eigenvalue weighted by molar-refractivity contribution is -0.131. The Morgan fingerprint density at radius 3 is 2.54 bits per heavy atom. The van der Waals surface area contributed by atoms with E-state index in [9.17, 15) is 14.4 Å². The average molecular weight is 352 g/mol. The number of nitrogens with one attached hydrogen (secondary N) is 2. The molecule has 0 saturated carbocycles. The Kier molecular flexibility index (Phi) is 4.98. The lowest BCUT2D eigenvalue weighted by atomic mass is 9.92. The Hall–Kier alpha value is -3.61. The molecule has 1 atom stereocenters. The van der Waals surface area contributed by atoms with Crippen LogP contribution in [0.2, 0.25) is 0 Å². The van der Waals surface area contributed by atoms with Crippen molar-refractivity contribution in [2.75, 3.05) is 5.32 Å². The predicted octanol–water partition coefficient (Wildman–Crippen LogP) is 2.40. The molecule has 7 nitrogen and oxygen atoms in total. The molecule has 0 radical (unpaired) electrons. The average Bonchev–Trinajstić information content (AvgIpc) is 2.63. The lowest BCUT2D eigenvalue weighted by Crippen LogP contribution is -2.47. The highest BCUT2D eigenvalue weighted by atomic mass is 16.5. The fourth-order valence-corrected chi connectivity index (χ4v) is 2.67. The maximum Gasteiger partial charge on any atom is 0.408 e. The fraction of sp³-hybridized carbons (Fsp3) is 0.105. The Morgan fingerprint density at radius 1 is 1.12 bits per heavy atom. The number of carbonyl (C=O) groups excluding carboxylic acids is 2. The van der Waals surface area contributed by atoms with Crippen LogP contribution in [0, 0.1) is 0 Å². The summed E-state index contributed by atoms with van der Waals surface area (Å²) >= 11 is 0. The van der Waals surface area contributed by atoms with E-state index in [2.05, 4.69) is 10.6 Å². The summed E-state index contributed by atoms with van der Waals surface area (Å²) in [6.45, 7) is 0.0373. The molecule has 26 heavy (non-hydrogen) atoms. The van der Waals surface area contributed by atoms with E-state index >= 15 is 0 Å². The number of para-hydroxylation sites is 1. The van der Waals surface area contributed by atoms with E-state index in [0.717, 1.165) is 11.6 Å². The summed E-state index contributed by atoms with van der Waals surface area (Å²) in [6.07, 6.45) is 0.101. The minimum atomic E-state index is -1.21. The van der Waals surface area contributed by atoms with E-state index in [1.807, 2.05) is 18.2 Å². The van der Waals surface area contributed by atoms with Gasteiger partial charge in [-0.1, -0.05) is 48.5 Å². The molecule has 3 rings (SSSR count). The van der Waals surface area contributed by atoms with Crippen molar-refractivity contribution in [1.82, 2.24) is 5.32 Å². The number of ether oxygens (including phenoxy) is 1. The number of rotatable bonds is 4. The Morgan fingerprint density at radius 2 is 1.81 bits per heavy atom. The third-order valence-corrected chi connectivity index (χ3v) is 3.82. The number of amides is 2. The van der Waals surface area contributed by atoms with Crippen LogP contribution < -0.4 is 10.6 Å². The fourth-order valence-electron chi connectivity index (χ4n) is 2.67. The number of carbonyl (C=O) groups is 3. The van der Waals surface area contributed by atoms with Crippen molar-refractivity contribution >= 4 is 29.2 Å². The van der Waals surface area contributed by atoms with Gasteiger partial charge in [-0.2, -0.15) is 0 Å². The second-order valence-electron chi connectivity index (χ2n) is 5.61. The number of hydrogen-bond acceptors (Lipinski definition) is 4. The van der Waals surface area contributed by atoms with Crippen LogP contribution in [0.5, 0.6) is 0 Å². The first-order chi connectivity index (χ1) is 12.5. The van der Waals surface area contributed by atoms with Crippen molar-refractivity contribution in [2.24, 2.45) is 0 Å². The van der Waals surface area contributed by atoms with Crippen LogP contribution in [0.1, 0.15) is 11.1 Å². The minimum absolute atomic E-state index is 0.0373. The molecule has 1 unspecified atom stereocenters. The van der Waals surface area contributed by atoms with Crippen LogP contribution >= 0.6 is 0 Å². The molecule has 1 aliphatic rings. The molecule has 0 aliphatic carbocycles. The summed E-state index contributed by atoms with van der Waals surface area (Å²) in [5.41, 5.74) is 2.00. The molecule has 0 fully saturated rings. The molecular formula is C19H16N2O5. The van der Waals surface area contributed by atoms with Gasteiger partial charge in [-0.3, -0.25) is 4.79 Å². The monoisotopic (exact) mass is 352 g/mol. The van der Waals surface area contributed by atoms with Crippen molar-refractivity contribution in [3.05, 3.63) is 71.8 Å². The van der Waals surface area contributed by atoms with Crippen LogP contribution in [0.25, 0.3) is 5.57 Å². The van der Waals surface area contributed by atoms with E-state index in [4.69, 9.17) is 9.84 Å². The molecule has 1 aliphatic heterocycles. The van der Waals surface area contributed by atoms with Gasteiger partial charge in [0.15, 0.2) is 0 Å². The van der Waals surface area contributed by atoms with Gasteiger partial charge in [-0.15, -0.1) is 0 Å². The molecule has 3 N–H and O–H groups in total. The first-order valence-electron chi connectivity index (χ1n) is 7.86. The third-order valence-electron chi connectivity index (χ3n) is 3.82. The maximum absolute atomic E-state index is 12.3. The normalized spacial score (nSPS) is 17.2. The highest BCUT2D eigenvalue weighted by molar-refractivity contribution is 6.13. The summed E-state index contributed by atoms with van der Waals surface area (Å²) < 4.78 is 5.12. The maximum atomic E-state index is 12.3. The summed E-state index contributed by atoms with van der Waals surface area (Å²) in [7, 11) is 0. The number of carboxylic acid groups (broad SMARTS) is 1. The van der Waals surface area contributed by atoms with E-state index < -0.39 is 24.0 Å². The van der Waals surface area contributed by atoms with Crippen LogP contribution in [0.15, 0.2) is 60.7 Å². The van der Waals surface area contributed by atoms with E-state index in [1.54, 1.807) is 36.4 Å². The largest absolute Gasteiger partial charge is 0.478 e. The van der Waals surface area contributed by atoms with Gasteiger partial charge < -0.3 is 20.5 Å². The molecule has 2 aromatic rings. The van der Waals surface area contributed by atoms with Gasteiger partial charge in [0, 0.05) is 22.9 Å². The zero-order valence-corrected chi connectivity index (χ0v) is 13.6. The van der Waals surface area contributed by atoms with E-state index in [-0.39, 0.29) is 12.2 Å². The zero-order chi connectivity index (χ0) is 18.5. The summed E-state index contributed by atoms with van der Waals surface area (Å²) in [5, 5.41) is 14.2. The molecule has 0 bridgehead atoms. The van der Waals surface area contributed by atoms with Crippen LogP contribution in [-0.4, -0.2) is 29.1 Å². The lowest BCUT2D eigenvalue weighted by Gasteiger charge is -2.27. The first-order valence-corrected chi connectivity index (χ1v) is 7.86. The Balaban J connectivity index is 1.78. The number of benzene rings is 2. The molecule has 2 aromatic carbocycles. The quantitative estimate of drug-likeness (QED) is 0.733. The van der Waals surface area contributed by atoms with Crippen molar-refractivity contribution in [3.63, 3.8) is 0 Å². The summed E-state index contributed by atoms with van der Waals surface area (Å²) in [6, 6.07) is 14.7. The summed E-state index contributed by atoms with van der Waals surface area (Å²) in [4.78, 5) is 35.6. The molecule has 0 spiro atoms.